The second kappa shape index (κ2) is 13.5. The summed E-state index contributed by atoms with van der Waals surface area (Å²) in [5, 5.41) is 0. The van der Waals surface area contributed by atoms with Crippen molar-refractivity contribution < 1.29 is 0 Å². The molecule has 4 atom stereocenters. The van der Waals surface area contributed by atoms with Crippen molar-refractivity contribution in [3.05, 3.63) is 36.5 Å². The van der Waals surface area contributed by atoms with E-state index in [9.17, 15) is 0 Å². The number of allylic oxidation sites excluding steroid dienone is 6. The topological polar surface area (TPSA) is 0 Å². The van der Waals surface area contributed by atoms with Crippen LogP contribution in [-0.2, 0) is 0 Å². The summed E-state index contributed by atoms with van der Waals surface area (Å²) in [5.74, 6) is 3.39. The monoisotopic (exact) mass is 330 g/mol. The van der Waals surface area contributed by atoms with Gasteiger partial charge in [0.25, 0.3) is 0 Å². The summed E-state index contributed by atoms with van der Waals surface area (Å²) < 4.78 is 0. The predicted octanol–water partition coefficient (Wildman–Crippen LogP) is 8.11. The minimum Gasteiger partial charge on any atom is -0.0888 e. The van der Waals surface area contributed by atoms with Gasteiger partial charge in [0.05, 0.1) is 0 Å². The van der Waals surface area contributed by atoms with Gasteiger partial charge in [-0.15, -0.1) is 0 Å². The fraction of sp³-hybridized carbons (Fsp3) is 0.750. The van der Waals surface area contributed by atoms with Crippen LogP contribution in [0.25, 0.3) is 0 Å². The zero-order chi connectivity index (χ0) is 17.6. The Morgan fingerprint density at radius 1 is 0.750 bits per heavy atom. The molecule has 0 radical (unpaired) electrons. The highest BCUT2D eigenvalue weighted by Gasteiger charge is 2.11. The maximum Gasteiger partial charge on any atom is -0.0199 e. The van der Waals surface area contributed by atoms with Crippen LogP contribution in [0.2, 0.25) is 0 Å². The Kier molecular flexibility index (Phi) is 12.0. The molecule has 0 fully saturated rings. The summed E-state index contributed by atoms with van der Waals surface area (Å²) in [7, 11) is 0. The van der Waals surface area contributed by atoms with Gasteiger partial charge in [0.1, 0.15) is 0 Å². The molecule has 0 aromatic heterocycles. The molecule has 138 valence electrons. The average molecular weight is 331 g/mol. The fourth-order valence-corrected chi connectivity index (χ4v) is 3.56. The van der Waals surface area contributed by atoms with Gasteiger partial charge in [-0.3, -0.25) is 0 Å². The minimum atomic E-state index is 0.816. The standard InChI is InChI=1S/C12H22.C12H20/c2*1-3-4-5-6-12-9-7-11(2)8-10-12/h7,9,11-12H,3-6,8,10H2,1-2H3;4-5,7,9,11-12H,3,6,8,10H2,1-2H3/b;5-4-. The fourth-order valence-electron chi connectivity index (χ4n) is 3.56. The molecule has 0 heterocycles. The molecule has 0 saturated carbocycles. The van der Waals surface area contributed by atoms with Gasteiger partial charge in [-0.1, -0.05) is 83.4 Å². The van der Waals surface area contributed by atoms with Crippen molar-refractivity contribution in [1.29, 1.82) is 0 Å². The average Bonchev–Trinajstić information content (AvgIpc) is 2.59. The zero-order valence-corrected chi connectivity index (χ0v) is 16.8. The summed E-state index contributed by atoms with van der Waals surface area (Å²) in [5.41, 5.74) is 0. The van der Waals surface area contributed by atoms with Crippen LogP contribution in [0.15, 0.2) is 36.5 Å². The van der Waals surface area contributed by atoms with Crippen molar-refractivity contribution in [3.63, 3.8) is 0 Å². The van der Waals surface area contributed by atoms with Crippen LogP contribution in [0, 0.1) is 23.7 Å². The van der Waals surface area contributed by atoms with Gasteiger partial charge < -0.3 is 0 Å². The van der Waals surface area contributed by atoms with E-state index >= 15 is 0 Å². The first kappa shape index (κ1) is 21.3. The van der Waals surface area contributed by atoms with Crippen LogP contribution in [0.3, 0.4) is 0 Å². The van der Waals surface area contributed by atoms with Gasteiger partial charge in [0, 0.05) is 0 Å². The van der Waals surface area contributed by atoms with Crippen molar-refractivity contribution >= 4 is 0 Å². The molecule has 0 nitrogen and oxygen atoms in total. The van der Waals surface area contributed by atoms with Crippen molar-refractivity contribution in [2.45, 2.75) is 91.9 Å². The molecule has 24 heavy (non-hydrogen) atoms. The summed E-state index contributed by atoms with van der Waals surface area (Å²) in [6.45, 7) is 9.08. The van der Waals surface area contributed by atoms with E-state index in [0.29, 0.717) is 0 Å². The maximum atomic E-state index is 2.45. The zero-order valence-electron chi connectivity index (χ0n) is 16.8. The van der Waals surface area contributed by atoms with Crippen LogP contribution < -0.4 is 0 Å². The van der Waals surface area contributed by atoms with E-state index in [1.54, 1.807) is 0 Å². The Bertz CT molecular complexity index is 373. The van der Waals surface area contributed by atoms with Crippen LogP contribution in [0.1, 0.15) is 91.9 Å². The molecule has 0 aromatic carbocycles. The largest absolute Gasteiger partial charge is 0.0888 e. The van der Waals surface area contributed by atoms with E-state index in [0.717, 1.165) is 23.7 Å². The smallest absolute Gasteiger partial charge is 0.0199 e. The minimum absolute atomic E-state index is 0.816. The highest BCUT2D eigenvalue weighted by molar-refractivity contribution is 4.99. The van der Waals surface area contributed by atoms with E-state index in [1.807, 2.05) is 0 Å². The highest BCUT2D eigenvalue weighted by Crippen LogP contribution is 2.26. The molecule has 0 N–H and O–H groups in total. The third-order valence-electron chi connectivity index (χ3n) is 5.43. The van der Waals surface area contributed by atoms with Gasteiger partial charge in [0.2, 0.25) is 0 Å². The van der Waals surface area contributed by atoms with E-state index < -0.39 is 0 Å². The first-order valence-corrected chi connectivity index (χ1v) is 10.7. The number of hydrogen-bond donors (Lipinski definition) is 0. The normalized spacial score (nSPS) is 29.5. The summed E-state index contributed by atoms with van der Waals surface area (Å²) in [6.07, 6.45) is 27.9. The number of rotatable bonds is 7. The second-order valence-corrected chi connectivity index (χ2v) is 8.01. The first-order valence-electron chi connectivity index (χ1n) is 10.7. The Labute approximate surface area is 152 Å². The maximum absolute atomic E-state index is 2.45. The predicted molar refractivity (Wildman–Crippen MR) is 110 cm³/mol. The van der Waals surface area contributed by atoms with E-state index in [2.05, 4.69) is 64.2 Å². The highest BCUT2D eigenvalue weighted by atomic mass is 14.2. The molecule has 2 aliphatic carbocycles. The van der Waals surface area contributed by atoms with Crippen molar-refractivity contribution in [1.82, 2.24) is 0 Å². The number of hydrogen-bond acceptors (Lipinski definition) is 0. The lowest BCUT2D eigenvalue weighted by Gasteiger charge is -2.19. The Morgan fingerprint density at radius 3 is 1.88 bits per heavy atom. The molecule has 2 rings (SSSR count). The van der Waals surface area contributed by atoms with Gasteiger partial charge in [-0.25, -0.2) is 0 Å². The van der Waals surface area contributed by atoms with E-state index in [1.165, 1.54) is 64.2 Å². The first-order chi connectivity index (χ1) is 11.7. The Hall–Kier alpha value is -0.780. The number of unbranched alkanes of at least 4 members (excludes halogenated alkanes) is 2. The molecular formula is C24H42. The molecule has 0 amide bonds. The second-order valence-electron chi connectivity index (χ2n) is 8.01. The van der Waals surface area contributed by atoms with Gasteiger partial charge >= 0.3 is 0 Å². The van der Waals surface area contributed by atoms with Crippen LogP contribution in [0.4, 0.5) is 0 Å². The van der Waals surface area contributed by atoms with Crippen LogP contribution >= 0.6 is 0 Å². The van der Waals surface area contributed by atoms with Crippen molar-refractivity contribution in [2.24, 2.45) is 23.7 Å². The van der Waals surface area contributed by atoms with Crippen molar-refractivity contribution in [2.75, 3.05) is 0 Å². The summed E-state index contributed by atoms with van der Waals surface area (Å²) >= 11 is 0. The molecule has 0 heteroatoms. The third kappa shape index (κ3) is 10.2. The van der Waals surface area contributed by atoms with Crippen molar-refractivity contribution in [3.8, 4) is 0 Å². The molecule has 2 aliphatic rings. The van der Waals surface area contributed by atoms with Crippen LogP contribution in [0.5, 0.6) is 0 Å². The quantitative estimate of drug-likeness (QED) is 0.326. The van der Waals surface area contributed by atoms with Gasteiger partial charge in [-0.2, -0.15) is 0 Å². The summed E-state index contributed by atoms with van der Waals surface area (Å²) in [6, 6.07) is 0. The molecular weight excluding hydrogens is 288 g/mol. The lowest BCUT2D eigenvalue weighted by molar-refractivity contribution is 0.437. The molecule has 0 saturated heterocycles. The van der Waals surface area contributed by atoms with E-state index in [-0.39, 0.29) is 0 Å². The van der Waals surface area contributed by atoms with Crippen LogP contribution in [-0.4, -0.2) is 0 Å². The summed E-state index contributed by atoms with van der Waals surface area (Å²) in [4.78, 5) is 0. The lowest BCUT2D eigenvalue weighted by atomic mass is 9.86. The molecule has 4 unspecified atom stereocenters. The van der Waals surface area contributed by atoms with E-state index in [4.69, 9.17) is 0 Å². The lowest BCUT2D eigenvalue weighted by Crippen LogP contribution is -2.05. The molecule has 0 aliphatic heterocycles. The SMILES string of the molecule is CC/C=C\CC1C=CC(C)CC1.CCCCCC1C=CC(C)CC1. The molecule has 0 bridgehead atoms. The Balaban J connectivity index is 0.000000240. The third-order valence-corrected chi connectivity index (χ3v) is 5.43. The Morgan fingerprint density at radius 2 is 1.38 bits per heavy atom. The van der Waals surface area contributed by atoms with Gasteiger partial charge in [0.15, 0.2) is 0 Å². The van der Waals surface area contributed by atoms with Gasteiger partial charge in [-0.05, 0) is 68.6 Å². The molecule has 0 aromatic rings. The molecule has 0 spiro atoms.